The molecule has 0 aromatic heterocycles. The summed E-state index contributed by atoms with van der Waals surface area (Å²) in [4.78, 5) is 0. The predicted molar refractivity (Wildman–Crippen MR) is 62.1 cm³/mol. The normalized spacial score (nSPS) is 26.3. The molecule has 1 aromatic rings. The van der Waals surface area contributed by atoms with Gasteiger partial charge in [0, 0.05) is 0 Å². The molecule has 0 unspecified atom stereocenters. The zero-order valence-corrected chi connectivity index (χ0v) is 10.4. The second kappa shape index (κ2) is 3.21. The minimum atomic E-state index is -1.11. The molecular weight excluding hydrogens is 188 g/mol. The molecule has 1 aliphatic heterocycles. The number of aryl methyl sites for hydroxylation is 1. The van der Waals surface area contributed by atoms with Gasteiger partial charge in [0.05, 0.1) is 13.8 Å². The first-order valence-electron chi connectivity index (χ1n) is 5.20. The Kier molecular flexibility index (Phi) is 2.28. The maximum Gasteiger partial charge on any atom is 0.106 e. The third-order valence-electron chi connectivity index (χ3n) is 2.75. The lowest BCUT2D eigenvalue weighted by Crippen LogP contribution is -2.29. The summed E-state index contributed by atoms with van der Waals surface area (Å²) in [7, 11) is -1.11. The van der Waals surface area contributed by atoms with E-state index in [2.05, 4.69) is 50.8 Å². The van der Waals surface area contributed by atoms with E-state index in [1.807, 2.05) is 0 Å². The molecule has 1 aliphatic rings. The minimum absolute atomic E-state index is 0.391. The predicted octanol–water partition coefficient (Wildman–Crippen LogP) is 3.31. The number of ether oxygens (including phenoxy) is 1. The first-order chi connectivity index (χ1) is 6.48. The molecule has 0 saturated carbocycles. The van der Waals surface area contributed by atoms with Gasteiger partial charge in [0.2, 0.25) is 0 Å². The Morgan fingerprint density at radius 2 is 1.64 bits per heavy atom. The lowest BCUT2D eigenvalue weighted by Gasteiger charge is -2.11. The van der Waals surface area contributed by atoms with Crippen LogP contribution in [0.5, 0.6) is 0 Å². The van der Waals surface area contributed by atoms with E-state index in [-0.39, 0.29) is 0 Å². The van der Waals surface area contributed by atoms with E-state index in [1.165, 1.54) is 11.1 Å². The molecule has 0 aliphatic carbocycles. The van der Waals surface area contributed by atoms with Gasteiger partial charge >= 0.3 is 0 Å². The first kappa shape index (κ1) is 9.93. The van der Waals surface area contributed by atoms with E-state index < -0.39 is 8.07 Å². The summed E-state index contributed by atoms with van der Waals surface area (Å²) in [5.41, 5.74) is 3.20. The van der Waals surface area contributed by atoms with Crippen molar-refractivity contribution < 1.29 is 4.74 Å². The smallest absolute Gasteiger partial charge is 0.106 e. The molecule has 76 valence electrons. The van der Waals surface area contributed by atoms with Crippen molar-refractivity contribution in [3.63, 3.8) is 0 Å². The Labute approximate surface area is 87.1 Å². The second-order valence-corrected chi connectivity index (χ2v) is 10.6. The fraction of sp³-hybridized carbons (Fsp3) is 0.500. The maximum absolute atomic E-state index is 5.77. The third-order valence-corrected chi connectivity index (χ3v) is 4.90. The molecule has 2 rings (SSSR count). The largest absolute Gasteiger partial charge is 0.368 e. The van der Waals surface area contributed by atoms with Crippen molar-refractivity contribution in [2.75, 3.05) is 0 Å². The molecule has 0 bridgehead atoms. The lowest BCUT2D eigenvalue weighted by molar-refractivity contribution is 0.400. The SMILES string of the molecule is Cc1ccc([C@H]2O[C@@H]2[Si](C)(C)C)cc1. The van der Waals surface area contributed by atoms with Crippen LogP contribution >= 0.6 is 0 Å². The van der Waals surface area contributed by atoms with Gasteiger partial charge in [-0.2, -0.15) is 0 Å². The van der Waals surface area contributed by atoms with Crippen LogP contribution < -0.4 is 0 Å². The van der Waals surface area contributed by atoms with E-state index in [0.29, 0.717) is 11.8 Å². The molecule has 0 amide bonds. The highest BCUT2D eigenvalue weighted by atomic mass is 28.3. The summed E-state index contributed by atoms with van der Waals surface area (Å²) in [6.45, 7) is 9.22. The Balaban J connectivity index is 2.10. The van der Waals surface area contributed by atoms with Crippen LogP contribution in [0.15, 0.2) is 24.3 Å². The first-order valence-corrected chi connectivity index (χ1v) is 8.78. The Hall–Kier alpha value is -0.603. The van der Waals surface area contributed by atoms with E-state index in [4.69, 9.17) is 4.74 Å². The van der Waals surface area contributed by atoms with Crippen LogP contribution in [-0.2, 0) is 4.74 Å². The number of rotatable bonds is 2. The average molecular weight is 206 g/mol. The van der Waals surface area contributed by atoms with Gasteiger partial charge in [-0.15, -0.1) is 0 Å². The van der Waals surface area contributed by atoms with Crippen LogP contribution in [0.2, 0.25) is 19.6 Å². The monoisotopic (exact) mass is 206 g/mol. The van der Waals surface area contributed by atoms with Crippen molar-refractivity contribution in [1.82, 2.24) is 0 Å². The van der Waals surface area contributed by atoms with E-state index in [9.17, 15) is 0 Å². The zero-order valence-electron chi connectivity index (χ0n) is 9.37. The maximum atomic E-state index is 5.77. The quantitative estimate of drug-likeness (QED) is 0.534. The number of hydrogen-bond donors (Lipinski definition) is 0. The standard InChI is InChI=1S/C12H18OSi/c1-9-5-7-10(8-6-9)11-12(13-11)14(2,3)4/h5-8,11-12H,1-4H3/t11-,12-/m1/s1. The fourth-order valence-corrected chi connectivity index (χ4v) is 3.44. The number of hydrogen-bond acceptors (Lipinski definition) is 1. The molecule has 0 radical (unpaired) electrons. The van der Waals surface area contributed by atoms with Gasteiger partial charge in [0.1, 0.15) is 6.10 Å². The van der Waals surface area contributed by atoms with Crippen LogP contribution in [0.4, 0.5) is 0 Å². The van der Waals surface area contributed by atoms with E-state index >= 15 is 0 Å². The molecule has 1 saturated heterocycles. The molecule has 1 nitrogen and oxygen atoms in total. The summed E-state index contributed by atoms with van der Waals surface area (Å²) in [5.74, 6) is 0. The molecule has 14 heavy (non-hydrogen) atoms. The van der Waals surface area contributed by atoms with E-state index in [0.717, 1.165) is 0 Å². The van der Waals surface area contributed by atoms with Gasteiger partial charge in [-0.3, -0.25) is 0 Å². The van der Waals surface area contributed by atoms with Crippen molar-refractivity contribution in [3.8, 4) is 0 Å². The Bertz CT molecular complexity index is 323. The van der Waals surface area contributed by atoms with Gasteiger partial charge in [-0.1, -0.05) is 49.5 Å². The minimum Gasteiger partial charge on any atom is -0.368 e. The molecular formula is C12H18OSi. The summed E-state index contributed by atoms with van der Waals surface area (Å²) in [5, 5.41) is 0. The lowest BCUT2D eigenvalue weighted by atomic mass is 10.1. The fourth-order valence-electron chi connectivity index (χ4n) is 1.78. The van der Waals surface area contributed by atoms with Crippen molar-refractivity contribution >= 4 is 8.07 Å². The highest BCUT2D eigenvalue weighted by Crippen LogP contribution is 2.43. The van der Waals surface area contributed by atoms with Crippen LogP contribution in [-0.4, -0.2) is 13.8 Å². The summed E-state index contributed by atoms with van der Waals surface area (Å²) in [6.07, 6.45) is 0.391. The van der Waals surface area contributed by atoms with Crippen molar-refractivity contribution in [1.29, 1.82) is 0 Å². The molecule has 1 heterocycles. The van der Waals surface area contributed by atoms with Crippen molar-refractivity contribution in [2.24, 2.45) is 0 Å². The zero-order chi connectivity index (χ0) is 10.3. The number of epoxide rings is 1. The van der Waals surface area contributed by atoms with Gasteiger partial charge < -0.3 is 4.74 Å². The topological polar surface area (TPSA) is 12.5 Å². The average Bonchev–Trinajstić information content (AvgIpc) is 2.83. The van der Waals surface area contributed by atoms with Gasteiger partial charge in [0.25, 0.3) is 0 Å². The Morgan fingerprint density at radius 1 is 1.07 bits per heavy atom. The molecule has 2 atom stereocenters. The van der Waals surface area contributed by atoms with Gasteiger partial charge in [-0.25, -0.2) is 0 Å². The van der Waals surface area contributed by atoms with Crippen LogP contribution in [0, 0.1) is 6.92 Å². The van der Waals surface area contributed by atoms with Crippen molar-refractivity contribution in [3.05, 3.63) is 35.4 Å². The molecule has 0 spiro atoms. The summed E-state index contributed by atoms with van der Waals surface area (Å²) < 4.78 is 5.77. The second-order valence-electron chi connectivity index (χ2n) is 5.25. The molecule has 1 fully saturated rings. The van der Waals surface area contributed by atoms with E-state index in [1.54, 1.807) is 0 Å². The van der Waals surface area contributed by atoms with Crippen LogP contribution in [0.3, 0.4) is 0 Å². The van der Waals surface area contributed by atoms with Crippen LogP contribution in [0.25, 0.3) is 0 Å². The molecule has 2 heteroatoms. The molecule has 1 aromatic carbocycles. The van der Waals surface area contributed by atoms with Gasteiger partial charge in [0.15, 0.2) is 0 Å². The highest BCUT2D eigenvalue weighted by Gasteiger charge is 2.48. The van der Waals surface area contributed by atoms with Gasteiger partial charge in [-0.05, 0) is 12.5 Å². The molecule has 0 N–H and O–H groups in total. The van der Waals surface area contributed by atoms with Crippen molar-refractivity contribution in [2.45, 2.75) is 38.4 Å². The van der Waals surface area contributed by atoms with Crippen LogP contribution in [0.1, 0.15) is 17.2 Å². The number of benzene rings is 1. The highest BCUT2D eigenvalue weighted by molar-refractivity contribution is 6.78. The summed E-state index contributed by atoms with van der Waals surface area (Å²) in [6, 6.07) is 8.72. The third kappa shape index (κ3) is 1.91. The summed E-state index contributed by atoms with van der Waals surface area (Å²) >= 11 is 0. The Morgan fingerprint density at radius 3 is 2.07 bits per heavy atom.